The Hall–Kier alpha value is -1.34. The van der Waals surface area contributed by atoms with Crippen LogP contribution < -0.4 is 0 Å². The first-order valence-electron chi connectivity index (χ1n) is 4.30. The highest BCUT2D eigenvalue weighted by atomic mass is 32.1. The second kappa shape index (κ2) is 2.57. The molecular weight excluding hydrogens is 176 g/mol. The lowest BCUT2D eigenvalue weighted by molar-refractivity contribution is 1.78. The van der Waals surface area contributed by atoms with E-state index < -0.39 is 0 Å². The molecule has 0 saturated heterocycles. The number of rotatable bonds is 0. The maximum absolute atomic E-state index is 2.22. The van der Waals surface area contributed by atoms with E-state index in [-0.39, 0.29) is 0 Å². The van der Waals surface area contributed by atoms with Gasteiger partial charge < -0.3 is 0 Å². The number of hydrogen-bond donors (Lipinski definition) is 0. The highest BCUT2D eigenvalue weighted by Crippen LogP contribution is 2.31. The molecule has 0 atom stereocenters. The minimum Gasteiger partial charge on any atom is -0.143 e. The molecule has 1 aliphatic carbocycles. The molecule has 1 aromatic heterocycles. The van der Waals surface area contributed by atoms with Crippen LogP contribution in [0.2, 0.25) is 0 Å². The van der Waals surface area contributed by atoms with Gasteiger partial charge in [0.05, 0.1) is 0 Å². The summed E-state index contributed by atoms with van der Waals surface area (Å²) in [5, 5.41) is 3.62. The van der Waals surface area contributed by atoms with Gasteiger partial charge in [0.1, 0.15) is 0 Å². The number of benzene rings is 1. The third-order valence-electron chi connectivity index (χ3n) is 2.32. The summed E-state index contributed by atoms with van der Waals surface area (Å²) in [7, 11) is 0. The van der Waals surface area contributed by atoms with Gasteiger partial charge in [0.2, 0.25) is 0 Å². The van der Waals surface area contributed by atoms with Crippen LogP contribution in [0.15, 0.2) is 35.7 Å². The maximum Gasteiger partial charge on any atom is 0.0354 e. The summed E-state index contributed by atoms with van der Waals surface area (Å²) in [6, 6.07) is 6.47. The van der Waals surface area contributed by atoms with Crippen LogP contribution in [0.1, 0.15) is 11.1 Å². The van der Waals surface area contributed by atoms with E-state index in [0.29, 0.717) is 0 Å². The summed E-state index contributed by atoms with van der Waals surface area (Å²) in [4.78, 5) is 0. The van der Waals surface area contributed by atoms with Gasteiger partial charge in [0.15, 0.2) is 0 Å². The molecule has 0 saturated carbocycles. The SMILES string of the molecule is C1=Cc2cccc3scc(c23)C=C1. The van der Waals surface area contributed by atoms with Crippen molar-refractivity contribution in [2.75, 3.05) is 0 Å². The minimum absolute atomic E-state index is 1.33. The second-order valence-electron chi connectivity index (χ2n) is 3.13. The van der Waals surface area contributed by atoms with Gasteiger partial charge in [-0.3, -0.25) is 0 Å². The molecule has 1 heterocycles. The van der Waals surface area contributed by atoms with Crippen molar-refractivity contribution in [1.29, 1.82) is 0 Å². The van der Waals surface area contributed by atoms with Crippen LogP contribution in [0, 0.1) is 0 Å². The van der Waals surface area contributed by atoms with E-state index in [9.17, 15) is 0 Å². The molecule has 3 rings (SSSR count). The predicted octanol–water partition coefficient (Wildman–Crippen LogP) is 3.94. The zero-order valence-electron chi connectivity index (χ0n) is 7.03. The van der Waals surface area contributed by atoms with Crippen molar-refractivity contribution in [1.82, 2.24) is 0 Å². The Labute approximate surface area is 80.8 Å². The smallest absolute Gasteiger partial charge is 0.0354 e. The fraction of sp³-hybridized carbons (Fsp3) is 0. The Morgan fingerprint density at radius 2 is 1.77 bits per heavy atom. The van der Waals surface area contributed by atoms with Crippen LogP contribution in [0.3, 0.4) is 0 Å². The van der Waals surface area contributed by atoms with E-state index in [0.717, 1.165) is 0 Å². The molecule has 0 N–H and O–H groups in total. The molecular formula is C12H8S. The minimum atomic E-state index is 1.33. The summed E-state index contributed by atoms with van der Waals surface area (Å²) >= 11 is 1.82. The molecule has 0 fully saturated rings. The first kappa shape index (κ1) is 7.10. The molecule has 1 aromatic carbocycles. The molecule has 1 aliphatic rings. The van der Waals surface area contributed by atoms with Crippen LogP contribution in [-0.4, -0.2) is 0 Å². The fourth-order valence-electron chi connectivity index (χ4n) is 1.72. The van der Waals surface area contributed by atoms with Gasteiger partial charge in [-0.2, -0.15) is 0 Å². The van der Waals surface area contributed by atoms with E-state index in [2.05, 4.69) is 47.9 Å². The molecule has 0 spiro atoms. The molecule has 0 aliphatic heterocycles. The zero-order valence-corrected chi connectivity index (χ0v) is 7.84. The topological polar surface area (TPSA) is 0 Å². The van der Waals surface area contributed by atoms with Crippen LogP contribution in [0.5, 0.6) is 0 Å². The largest absolute Gasteiger partial charge is 0.143 e. The fourth-order valence-corrected chi connectivity index (χ4v) is 2.68. The van der Waals surface area contributed by atoms with Crippen molar-refractivity contribution in [3.05, 3.63) is 46.9 Å². The summed E-state index contributed by atoms with van der Waals surface area (Å²) in [6.45, 7) is 0. The van der Waals surface area contributed by atoms with Gasteiger partial charge in [0.25, 0.3) is 0 Å². The molecule has 0 bridgehead atoms. The van der Waals surface area contributed by atoms with Crippen molar-refractivity contribution >= 4 is 33.6 Å². The number of hydrogen-bond acceptors (Lipinski definition) is 1. The van der Waals surface area contributed by atoms with Crippen molar-refractivity contribution in [3.63, 3.8) is 0 Å². The van der Waals surface area contributed by atoms with E-state index in [1.54, 1.807) is 0 Å². The Morgan fingerprint density at radius 1 is 0.923 bits per heavy atom. The van der Waals surface area contributed by atoms with Gasteiger partial charge in [-0.15, -0.1) is 11.3 Å². The standard InChI is InChI=1S/C12H8S/c1-2-5-10-8-13-11-7-3-6-9(4-1)12(10)11/h1-8H. The van der Waals surface area contributed by atoms with E-state index >= 15 is 0 Å². The average molecular weight is 184 g/mol. The molecule has 2 aromatic rings. The Balaban J connectivity index is 2.56. The molecule has 0 unspecified atom stereocenters. The number of allylic oxidation sites excluding steroid dienone is 2. The average Bonchev–Trinajstić information content (AvgIpc) is 2.44. The van der Waals surface area contributed by atoms with Crippen molar-refractivity contribution in [3.8, 4) is 0 Å². The van der Waals surface area contributed by atoms with Crippen LogP contribution in [0.25, 0.3) is 22.2 Å². The molecule has 62 valence electrons. The highest BCUT2D eigenvalue weighted by molar-refractivity contribution is 7.17. The van der Waals surface area contributed by atoms with E-state index in [4.69, 9.17) is 0 Å². The second-order valence-corrected chi connectivity index (χ2v) is 4.04. The maximum atomic E-state index is 2.22. The molecule has 0 nitrogen and oxygen atoms in total. The lowest BCUT2D eigenvalue weighted by Crippen LogP contribution is -1.73. The van der Waals surface area contributed by atoms with Gasteiger partial charge in [-0.05, 0) is 22.6 Å². The van der Waals surface area contributed by atoms with E-state index in [1.165, 1.54) is 21.2 Å². The lowest BCUT2D eigenvalue weighted by atomic mass is 10.1. The van der Waals surface area contributed by atoms with E-state index in [1.807, 2.05) is 11.3 Å². The highest BCUT2D eigenvalue weighted by Gasteiger charge is 2.05. The van der Waals surface area contributed by atoms with Gasteiger partial charge in [-0.1, -0.05) is 36.4 Å². The van der Waals surface area contributed by atoms with Gasteiger partial charge in [-0.25, -0.2) is 0 Å². The molecule has 0 radical (unpaired) electrons. The van der Waals surface area contributed by atoms with Crippen LogP contribution >= 0.6 is 11.3 Å². The summed E-state index contributed by atoms with van der Waals surface area (Å²) in [5.41, 5.74) is 2.68. The molecule has 1 heteroatoms. The lowest BCUT2D eigenvalue weighted by Gasteiger charge is -1.96. The Kier molecular flexibility index (Phi) is 1.41. The first-order valence-corrected chi connectivity index (χ1v) is 5.18. The first-order chi connectivity index (χ1) is 6.45. The third-order valence-corrected chi connectivity index (χ3v) is 3.29. The zero-order chi connectivity index (χ0) is 8.67. The molecule has 0 amide bonds. The summed E-state index contributed by atoms with van der Waals surface area (Å²) in [6.07, 6.45) is 8.54. The quantitative estimate of drug-likeness (QED) is 0.581. The normalized spacial score (nSPS) is 13.5. The van der Waals surface area contributed by atoms with Gasteiger partial charge >= 0.3 is 0 Å². The Bertz CT molecular complexity index is 515. The van der Waals surface area contributed by atoms with Crippen molar-refractivity contribution < 1.29 is 0 Å². The monoisotopic (exact) mass is 184 g/mol. The van der Waals surface area contributed by atoms with Crippen molar-refractivity contribution in [2.24, 2.45) is 0 Å². The summed E-state index contributed by atoms with van der Waals surface area (Å²) in [5.74, 6) is 0. The summed E-state index contributed by atoms with van der Waals surface area (Å²) < 4.78 is 1.38. The molecule has 13 heavy (non-hydrogen) atoms. The third kappa shape index (κ3) is 0.973. The Morgan fingerprint density at radius 3 is 2.69 bits per heavy atom. The van der Waals surface area contributed by atoms with Crippen LogP contribution in [0.4, 0.5) is 0 Å². The van der Waals surface area contributed by atoms with Crippen molar-refractivity contribution in [2.45, 2.75) is 0 Å². The van der Waals surface area contributed by atoms with Gasteiger partial charge in [0, 0.05) is 10.1 Å². The number of thiophene rings is 1. The van der Waals surface area contributed by atoms with Crippen LogP contribution in [-0.2, 0) is 0 Å². The predicted molar refractivity (Wildman–Crippen MR) is 59.9 cm³/mol.